The molecular formula is C26H29FN4O3S. The van der Waals surface area contributed by atoms with Crippen molar-refractivity contribution < 1.29 is 17.6 Å². The van der Waals surface area contributed by atoms with E-state index in [9.17, 15) is 17.6 Å². The van der Waals surface area contributed by atoms with Crippen molar-refractivity contribution in [3.05, 3.63) is 89.7 Å². The lowest BCUT2D eigenvalue weighted by molar-refractivity contribution is 0.0752. The van der Waals surface area contributed by atoms with Crippen LogP contribution in [0.3, 0.4) is 0 Å². The lowest BCUT2D eigenvalue weighted by Crippen LogP contribution is -2.43. The second-order valence-corrected chi connectivity index (χ2v) is 10.0. The van der Waals surface area contributed by atoms with Crippen LogP contribution in [0.25, 0.3) is 0 Å². The fourth-order valence-electron chi connectivity index (χ4n) is 4.06. The summed E-state index contributed by atoms with van der Waals surface area (Å²) in [7, 11) is -3.99. The summed E-state index contributed by atoms with van der Waals surface area (Å²) in [6, 6.07) is 19.5. The van der Waals surface area contributed by atoms with Crippen molar-refractivity contribution in [1.82, 2.24) is 10.2 Å². The number of anilines is 2. The van der Waals surface area contributed by atoms with Crippen LogP contribution in [0.1, 0.15) is 22.8 Å². The number of piperazine rings is 1. The van der Waals surface area contributed by atoms with Crippen LogP contribution in [0.2, 0.25) is 0 Å². The van der Waals surface area contributed by atoms with Gasteiger partial charge in [-0.2, -0.15) is 0 Å². The van der Waals surface area contributed by atoms with Crippen LogP contribution in [0.15, 0.2) is 77.7 Å². The maximum Gasteiger partial charge on any atom is 0.261 e. The minimum Gasteiger partial charge on any atom is -0.367 e. The molecule has 3 aromatic carbocycles. The summed E-state index contributed by atoms with van der Waals surface area (Å²) >= 11 is 0. The molecule has 0 radical (unpaired) electrons. The summed E-state index contributed by atoms with van der Waals surface area (Å²) in [6.07, 6.45) is 0. The average Bonchev–Trinajstić information content (AvgIpc) is 2.88. The molecule has 0 bridgehead atoms. The molecule has 0 unspecified atom stereocenters. The van der Waals surface area contributed by atoms with Gasteiger partial charge in [-0.25, -0.2) is 12.8 Å². The van der Waals surface area contributed by atoms with Gasteiger partial charge in [-0.3, -0.25) is 9.52 Å². The van der Waals surface area contributed by atoms with Crippen LogP contribution < -0.4 is 14.9 Å². The molecule has 0 aromatic heterocycles. The van der Waals surface area contributed by atoms with Gasteiger partial charge in [0.1, 0.15) is 5.82 Å². The van der Waals surface area contributed by atoms with Crippen LogP contribution in [0.5, 0.6) is 0 Å². The first-order valence-electron chi connectivity index (χ1n) is 11.6. The fraction of sp³-hybridized carbons (Fsp3) is 0.269. The highest BCUT2D eigenvalue weighted by atomic mass is 32.2. The third kappa shape index (κ3) is 5.98. The molecule has 1 aliphatic heterocycles. The number of nitrogens with one attached hydrogen (secondary N) is 2. The van der Waals surface area contributed by atoms with E-state index in [1.807, 2.05) is 37.3 Å². The Morgan fingerprint density at radius 2 is 1.71 bits per heavy atom. The summed E-state index contributed by atoms with van der Waals surface area (Å²) in [4.78, 5) is 17.1. The minimum atomic E-state index is -3.99. The first kappa shape index (κ1) is 24.7. The van der Waals surface area contributed by atoms with Crippen LogP contribution >= 0.6 is 0 Å². The number of amides is 1. The molecule has 4 rings (SSSR count). The molecule has 184 valence electrons. The Hall–Kier alpha value is -3.43. The van der Waals surface area contributed by atoms with Gasteiger partial charge >= 0.3 is 0 Å². The zero-order chi connectivity index (χ0) is 24.8. The number of sulfonamides is 1. The smallest absolute Gasteiger partial charge is 0.261 e. The predicted molar refractivity (Wildman–Crippen MR) is 136 cm³/mol. The molecule has 1 saturated heterocycles. The Balaban J connectivity index is 1.67. The molecule has 35 heavy (non-hydrogen) atoms. The van der Waals surface area contributed by atoms with Crippen LogP contribution in [0, 0.1) is 5.82 Å². The monoisotopic (exact) mass is 496 g/mol. The molecule has 0 atom stereocenters. The number of hydrogen-bond acceptors (Lipinski definition) is 5. The second-order valence-electron chi connectivity index (χ2n) is 8.33. The van der Waals surface area contributed by atoms with Crippen molar-refractivity contribution in [3.8, 4) is 0 Å². The van der Waals surface area contributed by atoms with Crippen LogP contribution in [-0.4, -0.2) is 51.9 Å². The van der Waals surface area contributed by atoms with Gasteiger partial charge in [-0.1, -0.05) is 30.3 Å². The molecule has 1 amide bonds. The largest absolute Gasteiger partial charge is 0.367 e. The van der Waals surface area contributed by atoms with Crippen molar-refractivity contribution in [2.75, 3.05) is 42.3 Å². The molecule has 7 nitrogen and oxygen atoms in total. The van der Waals surface area contributed by atoms with Crippen LogP contribution in [0.4, 0.5) is 15.8 Å². The highest BCUT2D eigenvalue weighted by molar-refractivity contribution is 7.92. The number of halogens is 1. The van der Waals surface area contributed by atoms with Crippen LogP contribution in [-0.2, 0) is 16.6 Å². The molecule has 3 aromatic rings. The first-order valence-corrected chi connectivity index (χ1v) is 13.1. The van der Waals surface area contributed by atoms with E-state index in [2.05, 4.69) is 14.9 Å². The number of carbonyl (C=O) groups excluding carboxylic acids is 1. The predicted octanol–water partition coefficient (Wildman–Crippen LogP) is 3.70. The molecule has 0 saturated carbocycles. The van der Waals surface area contributed by atoms with Gasteiger partial charge < -0.3 is 15.1 Å². The van der Waals surface area contributed by atoms with E-state index in [-0.39, 0.29) is 10.8 Å². The van der Waals surface area contributed by atoms with Gasteiger partial charge in [0.2, 0.25) is 0 Å². The third-order valence-corrected chi connectivity index (χ3v) is 7.34. The van der Waals surface area contributed by atoms with Crippen molar-refractivity contribution in [2.24, 2.45) is 0 Å². The topological polar surface area (TPSA) is 81.8 Å². The molecule has 1 heterocycles. The average molecular weight is 497 g/mol. The molecule has 0 aliphatic carbocycles. The molecule has 9 heteroatoms. The van der Waals surface area contributed by atoms with Gasteiger partial charge in [0, 0.05) is 44.8 Å². The summed E-state index contributed by atoms with van der Waals surface area (Å²) in [5.41, 5.74) is 2.41. The van der Waals surface area contributed by atoms with E-state index >= 15 is 0 Å². The summed E-state index contributed by atoms with van der Waals surface area (Å²) in [6.45, 7) is 5.81. The lowest BCUT2D eigenvalue weighted by atomic mass is 10.1. The maximum atomic E-state index is 13.4. The summed E-state index contributed by atoms with van der Waals surface area (Å²) in [5.74, 6) is -0.707. The van der Waals surface area contributed by atoms with Crippen molar-refractivity contribution in [1.29, 1.82) is 0 Å². The SMILES string of the molecule is CCN(Cc1ccccc1)C(=O)c1ccc(N2CCNCC2)c(NS(=O)(=O)c2ccc(F)cc2)c1. The molecule has 0 spiro atoms. The zero-order valence-electron chi connectivity index (χ0n) is 19.6. The van der Waals surface area contributed by atoms with Gasteiger partial charge in [-0.05, 0) is 55.0 Å². The van der Waals surface area contributed by atoms with Gasteiger partial charge in [0.15, 0.2) is 0 Å². The normalized spacial score (nSPS) is 13.9. The van der Waals surface area contributed by atoms with E-state index in [1.54, 1.807) is 23.1 Å². The zero-order valence-corrected chi connectivity index (χ0v) is 20.4. The highest BCUT2D eigenvalue weighted by Crippen LogP contribution is 2.30. The lowest BCUT2D eigenvalue weighted by Gasteiger charge is -2.31. The van der Waals surface area contributed by atoms with Crippen molar-refractivity contribution in [2.45, 2.75) is 18.4 Å². The van der Waals surface area contributed by atoms with Gasteiger partial charge in [0.25, 0.3) is 15.9 Å². The number of benzene rings is 3. The van der Waals surface area contributed by atoms with E-state index < -0.39 is 15.8 Å². The minimum absolute atomic E-state index is 0.0545. The summed E-state index contributed by atoms with van der Waals surface area (Å²) in [5, 5.41) is 3.28. The van der Waals surface area contributed by atoms with E-state index in [0.717, 1.165) is 30.8 Å². The third-order valence-electron chi connectivity index (χ3n) is 5.95. The van der Waals surface area contributed by atoms with Gasteiger partial charge in [0.05, 0.1) is 16.3 Å². The van der Waals surface area contributed by atoms with Crippen molar-refractivity contribution >= 4 is 27.3 Å². The number of hydrogen-bond donors (Lipinski definition) is 2. The highest BCUT2D eigenvalue weighted by Gasteiger charge is 2.23. The van der Waals surface area contributed by atoms with Gasteiger partial charge in [-0.15, -0.1) is 0 Å². The second kappa shape index (κ2) is 10.9. The molecule has 2 N–H and O–H groups in total. The van der Waals surface area contributed by atoms with Crippen molar-refractivity contribution in [3.63, 3.8) is 0 Å². The maximum absolute atomic E-state index is 13.4. The number of nitrogens with zero attached hydrogens (tertiary/aromatic N) is 2. The van der Waals surface area contributed by atoms with E-state index in [1.165, 1.54) is 12.1 Å². The Morgan fingerprint density at radius 1 is 1.03 bits per heavy atom. The number of rotatable bonds is 8. The van der Waals surface area contributed by atoms with E-state index in [0.29, 0.717) is 43.1 Å². The fourth-order valence-corrected chi connectivity index (χ4v) is 5.13. The first-order chi connectivity index (χ1) is 16.9. The quantitative estimate of drug-likeness (QED) is 0.497. The molecule has 1 aliphatic rings. The Labute approximate surface area is 205 Å². The molecule has 1 fully saturated rings. The Bertz CT molecular complexity index is 1260. The Kier molecular flexibility index (Phi) is 7.67. The summed E-state index contributed by atoms with van der Waals surface area (Å²) < 4.78 is 42.2. The van der Waals surface area contributed by atoms with E-state index in [4.69, 9.17) is 0 Å². The Morgan fingerprint density at radius 3 is 2.37 bits per heavy atom. The molecular weight excluding hydrogens is 467 g/mol. The number of carbonyl (C=O) groups is 1. The standard InChI is InChI=1S/C26H29FN4O3S/c1-2-30(19-20-6-4-3-5-7-20)26(32)21-8-13-25(31-16-14-28-15-17-31)24(18-21)29-35(33,34)23-11-9-22(27)10-12-23/h3-13,18,28-29H,2,14-17,19H2,1H3.